The van der Waals surface area contributed by atoms with Crippen LogP contribution in [0.25, 0.3) is 0 Å². The molecule has 0 saturated heterocycles. The minimum atomic E-state index is -0.732. The first kappa shape index (κ1) is 13.3. The summed E-state index contributed by atoms with van der Waals surface area (Å²) in [5.41, 5.74) is 6.33. The third-order valence-electron chi connectivity index (χ3n) is 2.87. The molecular formula is C14H13F3N2. The molecule has 0 aliphatic carbocycles. The summed E-state index contributed by atoms with van der Waals surface area (Å²) >= 11 is 0. The van der Waals surface area contributed by atoms with Crippen LogP contribution in [0.4, 0.5) is 30.2 Å². The van der Waals surface area contributed by atoms with Gasteiger partial charge in [-0.3, -0.25) is 0 Å². The molecule has 0 saturated carbocycles. The van der Waals surface area contributed by atoms with Crippen LogP contribution in [0.5, 0.6) is 0 Å². The van der Waals surface area contributed by atoms with E-state index in [4.69, 9.17) is 5.73 Å². The fourth-order valence-electron chi connectivity index (χ4n) is 1.71. The summed E-state index contributed by atoms with van der Waals surface area (Å²) in [6, 6.07) is 5.03. The summed E-state index contributed by atoms with van der Waals surface area (Å²) < 4.78 is 40.7. The van der Waals surface area contributed by atoms with Gasteiger partial charge in [0, 0.05) is 0 Å². The van der Waals surface area contributed by atoms with Crippen LogP contribution in [0.15, 0.2) is 24.3 Å². The summed E-state index contributed by atoms with van der Waals surface area (Å²) in [6.45, 7) is 3.07. The fourth-order valence-corrected chi connectivity index (χ4v) is 1.71. The van der Waals surface area contributed by atoms with Crippen molar-refractivity contribution >= 4 is 17.1 Å². The molecule has 0 radical (unpaired) electrons. The highest BCUT2D eigenvalue weighted by atomic mass is 19.1. The van der Waals surface area contributed by atoms with Gasteiger partial charge in [0.15, 0.2) is 5.82 Å². The highest BCUT2D eigenvalue weighted by molar-refractivity contribution is 5.74. The maximum absolute atomic E-state index is 13.8. The zero-order chi connectivity index (χ0) is 14.2. The van der Waals surface area contributed by atoms with E-state index in [0.717, 1.165) is 12.1 Å². The van der Waals surface area contributed by atoms with E-state index in [-0.39, 0.29) is 17.1 Å². The minimum Gasteiger partial charge on any atom is -0.397 e. The van der Waals surface area contributed by atoms with Gasteiger partial charge in [0.25, 0.3) is 0 Å². The Morgan fingerprint density at radius 2 is 1.63 bits per heavy atom. The van der Waals surface area contributed by atoms with Crippen molar-refractivity contribution in [2.75, 3.05) is 11.1 Å². The fraction of sp³-hybridized carbons (Fsp3) is 0.143. The van der Waals surface area contributed by atoms with Gasteiger partial charge in [-0.15, -0.1) is 0 Å². The number of nitrogens with one attached hydrogen (secondary N) is 1. The lowest BCUT2D eigenvalue weighted by molar-refractivity contribution is 0.585. The van der Waals surface area contributed by atoms with E-state index in [1.807, 2.05) is 0 Å². The van der Waals surface area contributed by atoms with Crippen LogP contribution in [0.3, 0.4) is 0 Å². The van der Waals surface area contributed by atoms with Gasteiger partial charge in [0.1, 0.15) is 17.3 Å². The van der Waals surface area contributed by atoms with E-state index in [1.54, 1.807) is 6.92 Å². The SMILES string of the molecule is Cc1cc(Nc2c(F)ccc(C)c2F)c(N)cc1F. The van der Waals surface area contributed by atoms with Gasteiger partial charge in [-0.25, -0.2) is 13.2 Å². The van der Waals surface area contributed by atoms with Crippen molar-refractivity contribution in [1.82, 2.24) is 0 Å². The molecule has 0 amide bonds. The molecule has 0 aliphatic rings. The summed E-state index contributed by atoms with van der Waals surface area (Å²) in [5.74, 6) is -1.89. The molecule has 0 bridgehead atoms. The number of benzene rings is 2. The van der Waals surface area contributed by atoms with E-state index < -0.39 is 17.5 Å². The molecule has 100 valence electrons. The summed E-state index contributed by atoms with van der Waals surface area (Å²) in [6.07, 6.45) is 0. The van der Waals surface area contributed by atoms with Gasteiger partial charge in [-0.1, -0.05) is 6.07 Å². The number of nitrogens with two attached hydrogens (primary N) is 1. The largest absolute Gasteiger partial charge is 0.397 e. The molecule has 0 fully saturated rings. The summed E-state index contributed by atoms with van der Waals surface area (Å²) in [5, 5.41) is 2.58. The molecule has 2 nitrogen and oxygen atoms in total. The third kappa shape index (κ3) is 2.50. The predicted octanol–water partition coefficient (Wildman–Crippen LogP) is 4.05. The van der Waals surface area contributed by atoms with Gasteiger partial charge >= 0.3 is 0 Å². The monoisotopic (exact) mass is 266 g/mol. The van der Waals surface area contributed by atoms with Gasteiger partial charge in [0.2, 0.25) is 0 Å². The Morgan fingerprint density at radius 3 is 2.32 bits per heavy atom. The van der Waals surface area contributed by atoms with E-state index in [9.17, 15) is 13.2 Å². The van der Waals surface area contributed by atoms with E-state index >= 15 is 0 Å². The molecule has 0 atom stereocenters. The molecule has 0 aliphatic heterocycles. The second kappa shape index (κ2) is 4.84. The summed E-state index contributed by atoms with van der Waals surface area (Å²) in [4.78, 5) is 0. The Morgan fingerprint density at radius 1 is 0.947 bits per heavy atom. The molecule has 5 heteroatoms. The number of hydrogen-bond acceptors (Lipinski definition) is 2. The Bertz CT molecular complexity index is 639. The van der Waals surface area contributed by atoms with Crippen LogP contribution in [-0.2, 0) is 0 Å². The quantitative estimate of drug-likeness (QED) is 0.805. The van der Waals surface area contributed by atoms with Crippen molar-refractivity contribution < 1.29 is 13.2 Å². The third-order valence-corrected chi connectivity index (χ3v) is 2.87. The average Bonchev–Trinajstić information content (AvgIpc) is 2.36. The zero-order valence-corrected chi connectivity index (χ0v) is 10.5. The molecule has 19 heavy (non-hydrogen) atoms. The van der Waals surface area contributed by atoms with Gasteiger partial charge in [-0.2, -0.15) is 0 Å². The van der Waals surface area contributed by atoms with Crippen molar-refractivity contribution in [3.05, 3.63) is 52.8 Å². The van der Waals surface area contributed by atoms with Crippen molar-refractivity contribution in [3.63, 3.8) is 0 Å². The normalized spacial score (nSPS) is 10.6. The number of nitrogen functional groups attached to an aromatic ring is 1. The second-order valence-corrected chi connectivity index (χ2v) is 4.37. The average molecular weight is 266 g/mol. The van der Waals surface area contributed by atoms with Gasteiger partial charge in [-0.05, 0) is 43.2 Å². The van der Waals surface area contributed by atoms with Crippen molar-refractivity contribution in [3.8, 4) is 0 Å². The van der Waals surface area contributed by atoms with E-state index in [0.29, 0.717) is 11.1 Å². The molecule has 0 heterocycles. The minimum absolute atomic E-state index is 0.0865. The van der Waals surface area contributed by atoms with Gasteiger partial charge in [0.05, 0.1) is 11.4 Å². The Kier molecular flexibility index (Phi) is 3.38. The Balaban J connectivity index is 2.48. The Labute approximate surface area is 109 Å². The maximum atomic E-state index is 13.8. The standard InChI is InChI=1S/C14H13F3N2/c1-7-3-4-9(15)14(13(7)17)19-12-5-8(2)10(16)6-11(12)18/h3-6,19H,18H2,1-2H3. The molecule has 2 rings (SSSR count). The maximum Gasteiger partial charge on any atom is 0.152 e. The number of halogens is 3. The molecule has 0 unspecified atom stereocenters. The highest BCUT2D eigenvalue weighted by Gasteiger charge is 2.13. The number of rotatable bonds is 2. The van der Waals surface area contributed by atoms with Crippen LogP contribution in [-0.4, -0.2) is 0 Å². The van der Waals surface area contributed by atoms with Crippen LogP contribution in [0.1, 0.15) is 11.1 Å². The van der Waals surface area contributed by atoms with Crippen LogP contribution >= 0.6 is 0 Å². The topological polar surface area (TPSA) is 38.0 Å². The summed E-state index contributed by atoms with van der Waals surface area (Å²) in [7, 11) is 0. The smallest absolute Gasteiger partial charge is 0.152 e. The highest BCUT2D eigenvalue weighted by Crippen LogP contribution is 2.30. The van der Waals surface area contributed by atoms with Crippen LogP contribution < -0.4 is 11.1 Å². The molecule has 3 N–H and O–H groups in total. The zero-order valence-electron chi connectivity index (χ0n) is 10.5. The first-order chi connectivity index (χ1) is 8.90. The molecule has 0 spiro atoms. The first-order valence-electron chi connectivity index (χ1n) is 5.67. The van der Waals surface area contributed by atoms with Crippen molar-refractivity contribution in [2.45, 2.75) is 13.8 Å². The first-order valence-corrected chi connectivity index (χ1v) is 5.67. The lowest BCUT2D eigenvalue weighted by Crippen LogP contribution is -2.03. The van der Waals surface area contributed by atoms with Crippen LogP contribution in [0.2, 0.25) is 0 Å². The number of aryl methyl sites for hydroxylation is 2. The number of anilines is 3. The lowest BCUT2D eigenvalue weighted by atomic mass is 10.1. The molecule has 2 aromatic carbocycles. The Hall–Kier alpha value is -2.17. The van der Waals surface area contributed by atoms with Crippen LogP contribution in [0, 0.1) is 31.3 Å². The lowest BCUT2D eigenvalue weighted by Gasteiger charge is -2.13. The predicted molar refractivity (Wildman–Crippen MR) is 69.9 cm³/mol. The van der Waals surface area contributed by atoms with E-state index in [1.165, 1.54) is 19.1 Å². The number of hydrogen-bond donors (Lipinski definition) is 2. The van der Waals surface area contributed by atoms with Crippen molar-refractivity contribution in [1.29, 1.82) is 0 Å². The van der Waals surface area contributed by atoms with Crippen molar-refractivity contribution in [2.24, 2.45) is 0 Å². The van der Waals surface area contributed by atoms with E-state index in [2.05, 4.69) is 5.32 Å². The second-order valence-electron chi connectivity index (χ2n) is 4.37. The van der Waals surface area contributed by atoms with Gasteiger partial charge < -0.3 is 11.1 Å². The molecular weight excluding hydrogens is 253 g/mol. The molecule has 2 aromatic rings. The molecule has 0 aromatic heterocycles.